The maximum atomic E-state index is 12.0. The van der Waals surface area contributed by atoms with Crippen LogP contribution < -0.4 is 5.32 Å². The van der Waals surface area contributed by atoms with Crippen LogP contribution in [0.25, 0.3) is 5.65 Å². The van der Waals surface area contributed by atoms with E-state index in [-0.39, 0.29) is 5.91 Å². The number of hydrogen-bond acceptors (Lipinski definition) is 4. The molecule has 0 unspecified atom stereocenters. The summed E-state index contributed by atoms with van der Waals surface area (Å²) in [6.07, 6.45) is 11.5. The maximum absolute atomic E-state index is 12.0. The Labute approximate surface area is 135 Å². The number of terminal acetylenes is 1. The molecule has 3 rings (SSSR count). The van der Waals surface area contributed by atoms with Crippen molar-refractivity contribution in [1.82, 2.24) is 14.7 Å². The molecule has 1 amide bonds. The number of carbonyl (C=O) groups is 1. The SMILES string of the molecule is C#CCCC1(CCC(=O)NCc2cn3cccc(C)c3n2)N=N1. The molecule has 6 nitrogen and oxygen atoms in total. The van der Waals surface area contributed by atoms with E-state index in [1.54, 1.807) is 0 Å². The molecule has 0 saturated heterocycles. The number of imidazole rings is 1. The monoisotopic (exact) mass is 309 g/mol. The molecule has 0 atom stereocenters. The molecule has 1 aliphatic heterocycles. The fourth-order valence-electron chi connectivity index (χ4n) is 2.55. The van der Waals surface area contributed by atoms with E-state index in [1.165, 1.54) is 0 Å². The Balaban J connectivity index is 1.49. The zero-order valence-electron chi connectivity index (χ0n) is 13.1. The van der Waals surface area contributed by atoms with Crippen molar-refractivity contribution in [2.75, 3.05) is 0 Å². The fourth-order valence-corrected chi connectivity index (χ4v) is 2.55. The third kappa shape index (κ3) is 3.57. The number of nitrogens with zero attached hydrogens (tertiary/aromatic N) is 4. The van der Waals surface area contributed by atoms with E-state index in [0.717, 1.165) is 23.3 Å². The average Bonchev–Trinajstić information content (AvgIpc) is 3.19. The van der Waals surface area contributed by atoms with Gasteiger partial charge in [0.1, 0.15) is 5.65 Å². The minimum absolute atomic E-state index is 0.0174. The molecule has 0 bridgehead atoms. The number of hydrogen-bond donors (Lipinski definition) is 1. The summed E-state index contributed by atoms with van der Waals surface area (Å²) in [5, 5.41) is 11.0. The number of aryl methyl sites for hydroxylation is 1. The Morgan fingerprint density at radius 3 is 2.96 bits per heavy atom. The first kappa shape index (κ1) is 15.2. The van der Waals surface area contributed by atoms with Crippen molar-refractivity contribution >= 4 is 11.6 Å². The van der Waals surface area contributed by atoms with Crippen molar-refractivity contribution in [2.24, 2.45) is 10.2 Å². The number of nitrogens with one attached hydrogen (secondary N) is 1. The van der Waals surface area contributed by atoms with E-state index in [1.807, 2.05) is 35.9 Å². The maximum Gasteiger partial charge on any atom is 0.220 e. The van der Waals surface area contributed by atoms with E-state index in [0.29, 0.717) is 25.8 Å². The van der Waals surface area contributed by atoms with Crippen molar-refractivity contribution in [3.05, 3.63) is 35.8 Å². The molecule has 23 heavy (non-hydrogen) atoms. The van der Waals surface area contributed by atoms with Crippen molar-refractivity contribution < 1.29 is 4.79 Å². The predicted octanol–water partition coefficient (Wildman–Crippen LogP) is 2.61. The lowest BCUT2D eigenvalue weighted by Crippen LogP contribution is -2.25. The van der Waals surface area contributed by atoms with Gasteiger partial charge in [0.05, 0.1) is 12.2 Å². The van der Waals surface area contributed by atoms with Gasteiger partial charge in [-0.1, -0.05) is 6.07 Å². The Hall–Kier alpha value is -2.68. The van der Waals surface area contributed by atoms with Crippen LogP contribution in [0, 0.1) is 19.3 Å². The molecule has 0 saturated carbocycles. The minimum atomic E-state index is -0.399. The Kier molecular flexibility index (Phi) is 4.11. The summed E-state index contributed by atoms with van der Waals surface area (Å²) < 4.78 is 1.97. The summed E-state index contributed by atoms with van der Waals surface area (Å²) in [5.41, 5.74) is 2.47. The second-order valence-electron chi connectivity index (χ2n) is 5.82. The summed E-state index contributed by atoms with van der Waals surface area (Å²) in [7, 11) is 0. The molecule has 2 aromatic heterocycles. The first-order valence-electron chi connectivity index (χ1n) is 7.69. The zero-order chi connectivity index (χ0) is 16.3. The van der Waals surface area contributed by atoms with Crippen LogP contribution in [0.4, 0.5) is 0 Å². The lowest BCUT2D eigenvalue weighted by atomic mass is 10.0. The summed E-state index contributed by atoms with van der Waals surface area (Å²) in [6, 6.07) is 3.99. The van der Waals surface area contributed by atoms with E-state index >= 15 is 0 Å². The third-order valence-corrected chi connectivity index (χ3v) is 4.00. The molecule has 0 aromatic carbocycles. The van der Waals surface area contributed by atoms with Crippen molar-refractivity contribution in [3.8, 4) is 12.3 Å². The van der Waals surface area contributed by atoms with Crippen LogP contribution in [-0.2, 0) is 11.3 Å². The van der Waals surface area contributed by atoms with E-state index in [2.05, 4.69) is 26.4 Å². The number of pyridine rings is 1. The van der Waals surface area contributed by atoms with Crippen LogP contribution in [0.3, 0.4) is 0 Å². The van der Waals surface area contributed by atoms with E-state index < -0.39 is 5.66 Å². The number of rotatable bonds is 7. The molecule has 0 spiro atoms. The first-order chi connectivity index (χ1) is 11.1. The van der Waals surface area contributed by atoms with Crippen LogP contribution in [0.2, 0.25) is 0 Å². The summed E-state index contributed by atoms with van der Waals surface area (Å²) in [4.78, 5) is 16.5. The van der Waals surface area contributed by atoms with Crippen LogP contribution in [-0.4, -0.2) is 21.0 Å². The second-order valence-corrected chi connectivity index (χ2v) is 5.82. The molecule has 1 aliphatic rings. The van der Waals surface area contributed by atoms with Gasteiger partial charge in [0.25, 0.3) is 0 Å². The molecule has 3 heterocycles. The number of amides is 1. The number of fused-ring (bicyclic) bond motifs is 1. The van der Waals surface area contributed by atoms with Gasteiger partial charge in [-0.3, -0.25) is 4.79 Å². The van der Waals surface area contributed by atoms with Crippen LogP contribution >= 0.6 is 0 Å². The summed E-state index contributed by atoms with van der Waals surface area (Å²) in [6.45, 7) is 2.44. The van der Waals surface area contributed by atoms with Crippen molar-refractivity contribution in [3.63, 3.8) is 0 Å². The zero-order valence-corrected chi connectivity index (χ0v) is 13.1. The molecule has 118 valence electrons. The Bertz CT molecular complexity index is 793. The quantitative estimate of drug-likeness (QED) is 0.799. The number of carbonyl (C=O) groups excluding carboxylic acids is 1. The van der Waals surface area contributed by atoms with Crippen LogP contribution in [0.15, 0.2) is 34.8 Å². The molecule has 6 heteroatoms. The van der Waals surface area contributed by atoms with E-state index in [9.17, 15) is 4.79 Å². The lowest BCUT2D eigenvalue weighted by Gasteiger charge is -2.08. The molecular weight excluding hydrogens is 290 g/mol. The van der Waals surface area contributed by atoms with Crippen molar-refractivity contribution in [1.29, 1.82) is 0 Å². The Morgan fingerprint density at radius 2 is 2.26 bits per heavy atom. The topological polar surface area (TPSA) is 71.1 Å². The van der Waals surface area contributed by atoms with Gasteiger partial charge in [0.2, 0.25) is 5.91 Å². The molecule has 0 radical (unpaired) electrons. The highest BCUT2D eigenvalue weighted by Gasteiger charge is 2.39. The predicted molar refractivity (Wildman–Crippen MR) is 86.7 cm³/mol. The molecule has 0 fully saturated rings. The lowest BCUT2D eigenvalue weighted by molar-refractivity contribution is -0.121. The molecular formula is C17H19N5O. The normalized spacial score (nSPS) is 14.6. The highest BCUT2D eigenvalue weighted by molar-refractivity contribution is 5.76. The molecule has 1 N–H and O–H groups in total. The minimum Gasteiger partial charge on any atom is -0.350 e. The van der Waals surface area contributed by atoms with Gasteiger partial charge < -0.3 is 9.72 Å². The van der Waals surface area contributed by atoms with Gasteiger partial charge in [0.15, 0.2) is 5.66 Å². The van der Waals surface area contributed by atoms with Gasteiger partial charge in [-0.05, 0) is 18.6 Å². The first-order valence-corrected chi connectivity index (χ1v) is 7.69. The fraction of sp³-hybridized carbons (Fsp3) is 0.412. The highest BCUT2D eigenvalue weighted by Crippen LogP contribution is 2.37. The van der Waals surface area contributed by atoms with Gasteiger partial charge >= 0.3 is 0 Å². The third-order valence-electron chi connectivity index (χ3n) is 4.00. The second kappa shape index (κ2) is 6.21. The van der Waals surface area contributed by atoms with Gasteiger partial charge in [-0.25, -0.2) is 4.98 Å². The van der Waals surface area contributed by atoms with Gasteiger partial charge in [0, 0.05) is 38.1 Å². The highest BCUT2D eigenvalue weighted by atomic mass is 16.1. The van der Waals surface area contributed by atoms with Crippen molar-refractivity contribution in [2.45, 2.75) is 44.8 Å². The number of aromatic nitrogens is 2. The largest absolute Gasteiger partial charge is 0.350 e. The standard InChI is InChI=1S/C17H19N5O/c1-3-4-8-17(20-21-17)9-7-15(23)18-11-14-12-22-10-5-6-13(2)16(22)19-14/h1,5-6,10,12H,4,7-9,11H2,2H3,(H,18,23). The van der Waals surface area contributed by atoms with Crippen LogP contribution in [0.5, 0.6) is 0 Å². The van der Waals surface area contributed by atoms with Gasteiger partial charge in [-0.2, -0.15) is 10.2 Å². The molecule has 2 aromatic rings. The van der Waals surface area contributed by atoms with Crippen LogP contribution in [0.1, 0.15) is 36.9 Å². The summed E-state index contributed by atoms with van der Waals surface area (Å²) >= 11 is 0. The Morgan fingerprint density at radius 1 is 1.43 bits per heavy atom. The molecule has 0 aliphatic carbocycles. The van der Waals surface area contributed by atoms with Gasteiger partial charge in [-0.15, -0.1) is 12.3 Å². The smallest absolute Gasteiger partial charge is 0.220 e. The summed E-state index contributed by atoms with van der Waals surface area (Å²) in [5.74, 6) is 2.57. The van der Waals surface area contributed by atoms with E-state index in [4.69, 9.17) is 6.42 Å². The average molecular weight is 309 g/mol.